The molecule has 1 aliphatic rings. The van der Waals surface area contributed by atoms with Gasteiger partial charge in [-0.05, 0) is 37.6 Å². The SMILES string of the molecule is Cc1cccc(S(=O)(=O)N2CCN(C(=O)c3occc3C)CC2)c1. The average molecular weight is 348 g/mol. The number of furan rings is 1. The summed E-state index contributed by atoms with van der Waals surface area (Å²) in [7, 11) is -3.52. The van der Waals surface area contributed by atoms with Crippen molar-refractivity contribution in [1.82, 2.24) is 9.21 Å². The van der Waals surface area contributed by atoms with Crippen LogP contribution in [-0.2, 0) is 10.0 Å². The molecule has 1 amide bonds. The highest BCUT2D eigenvalue weighted by atomic mass is 32.2. The van der Waals surface area contributed by atoms with E-state index in [0.29, 0.717) is 23.7 Å². The Hall–Kier alpha value is -2.12. The van der Waals surface area contributed by atoms with E-state index in [4.69, 9.17) is 4.42 Å². The lowest BCUT2D eigenvalue weighted by Crippen LogP contribution is -2.50. The van der Waals surface area contributed by atoms with Crippen molar-refractivity contribution >= 4 is 15.9 Å². The van der Waals surface area contributed by atoms with Crippen LogP contribution in [0.4, 0.5) is 0 Å². The molecule has 1 aromatic heterocycles. The zero-order valence-electron chi connectivity index (χ0n) is 13.7. The molecule has 6 nitrogen and oxygen atoms in total. The molecule has 0 N–H and O–H groups in total. The molecule has 1 aliphatic heterocycles. The average Bonchev–Trinajstić information content (AvgIpc) is 3.00. The summed E-state index contributed by atoms with van der Waals surface area (Å²) >= 11 is 0. The minimum absolute atomic E-state index is 0.190. The van der Waals surface area contributed by atoms with Crippen molar-refractivity contribution in [2.24, 2.45) is 0 Å². The number of sulfonamides is 1. The van der Waals surface area contributed by atoms with Crippen molar-refractivity contribution in [3.05, 3.63) is 53.5 Å². The third-order valence-electron chi connectivity index (χ3n) is 4.21. The Morgan fingerprint density at radius 2 is 1.79 bits per heavy atom. The molecule has 0 saturated carbocycles. The molecule has 1 saturated heterocycles. The van der Waals surface area contributed by atoms with Crippen LogP contribution in [0.1, 0.15) is 21.7 Å². The maximum absolute atomic E-state index is 12.7. The van der Waals surface area contributed by atoms with Crippen LogP contribution >= 0.6 is 0 Å². The molecule has 0 atom stereocenters. The Bertz CT molecular complexity index is 849. The highest BCUT2D eigenvalue weighted by Crippen LogP contribution is 2.20. The maximum atomic E-state index is 12.7. The molecule has 0 spiro atoms. The zero-order chi connectivity index (χ0) is 17.3. The first-order valence-corrected chi connectivity index (χ1v) is 9.24. The second-order valence-corrected chi connectivity index (χ2v) is 7.88. The summed E-state index contributed by atoms with van der Waals surface area (Å²) in [6, 6.07) is 8.61. The number of amides is 1. The topological polar surface area (TPSA) is 70.8 Å². The molecule has 24 heavy (non-hydrogen) atoms. The fraction of sp³-hybridized carbons (Fsp3) is 0.353. The van der Waals surface area contributed by atoms with E-state index in [1.807, 2.05) is 19.9 Å². The number of rotatable bonds is 3. The Balaban J connectivity index is 1.71. The van der Waals surface area contributed by atoms with E-state index >= 15 is 0 Å². The van der Waals surface area contributed by atoms with Gasteiger partial charge in [0.1, 0.15) is 0 Å². The normalized spacial score (nSPS) is 16.3. The molecule has 1 aromatic carbocycles. The van der Waals surface area contributed by atoms with Crippen molar-refractivity contribution in [2.75, 3.05) is 26.2 Å². The van der Waals surface area contributed by atoms with Gasteiger partial charge < -0.3 is 9.32 Å². The van der Waals surface area contributed by atoms with Gasteiger partial charge in [-0.3, -0.25) is 4.79 Å². The Labute approximate surface area is 141 Å². The second kappa shape index (κ2) is 6.41. The smallest absolute Gasteiger partial charge is 0.289 e. The van der Waals surface area contributed by atoms with Crippen LogP contribution < -0.4 is 0 Å². The van der Waals surface area contributed by atoms with E-state index < -0.39 is 10.0 Å². The lowest BCUT2D eigenvalue weighted by molar-refractivity contribution is 0.0665. The van der Waals surface area contributed by atoms with Crippen molar-refractivity contribution in [2.45, 2.75) is 18.7 Å². The van der Waals surface area contributed by atoms with Gasteiger partial charge in [-0.15, -0.1) is 0 Å². The Kier molecular flexibility index (Phi) is 4.47. The fourth-order valence-electron chi connectivity index (χ4n) is 2.79. The van der Waals surface area contributed by atoms with Crippen molar-refractivity contribution < 1.29 is 17.6 Å². The summed E-state index contributed by atoms with van der Waals surface area (Å²) in [6.07, 6.45) is 1.49. The fourth-order valence-corrected chi connectivity index (χ4v) is 4.32. The Morgan fingerprint density at radius 1 is 1.08 bits per heavy atom. The van der Waals surface area contributed by atoms with Crippen molar-refractivity contribution in [1.29, 1.82) is 0 Å². The largest absolute Gasteiger partial charge is 0.459 e. The molecule has 7 heteroatoms. The van der Waals surface area contributed by atoms with E-state index in [1.165, 1.54) is 10.6 Å². The van der Waals surface area contributed by atoms with Gasteiger partial charge in [-0.2, -0.15) is 4.31 Å². The third kappa shape index (κ3) is 3.09. The van der Waals surface area contributed by atoms with E-state index in [0.717, 1.165) is 11.1 Å². The molecule has 0 radical (unpaired) electrons. The highest BCUT2D eigenvalue weighted by molar-refractivity contribution is 7.89. The lowest BCUT2D eigenvalue weighted by Gasteiger charge is -2.33. The Morgan fingerprint density at radius 3 is 2.38 bits per heavy atom. The maximum Gasteiger partial charge on any atom is 0.289 e. The van der Waals surface area contributed by atoms with Gasteiger partial charge in [0.15, 0.2) is 5.76 Å². The molecular weight excluding hydrogens is 328 g/mol. The van der Waals surface area contributed by atoms with Crippen LogP contribution in [0.25, 0.3) is 0 Å². The highest BCUT2D eigenvalue weighted by Gasteiger charge is 2.31. The molecule has 0 aliphatic carbocycles. The minimum atomic E-state index is -3.52. The summed E-state index contributed by atoms with van der Waals surface area (Å²) in [5, 5.41) is 0. The predicted molar refractivity (Wildman–Crippen MR) is 89.3 cm³/mol. The number of aryl methyl sites for hydroxylation is 2. The van der Waals surface area contributed by atoms with Gasteiger partial charge in [0.05, 0.1) is 11.2 Å². The first-order valence-electron chi connectivity index (χ1n) is 7.80. The van der Waals surface area contributed by atoms with Crippen molar-refractivity contribution in [3.63, 3.8) is 0 Å². The van der Waals surface area contributed by atoms with Crippen LogP contribution in [0.2, 0.25) is 0 Å². The summed E-state index contributed by atoms with van der Waals surface area (Å²) < 4.78 is 32.1. The van der Waals surface area contributed by atoms with Gasteiger partial charge in [-0.1, -0.05) is 12.1 Å². The van der Waals surface area contributed by atoms with E-state index in [1.54, 1.807) is 29.2 Å². The number of carbonyl (C=O) groups excluding carboxylic acids is 1. The standard InChI is InChI=1S/C17H20N2O4S/c1-13-4-3-5-15(12-13)24(21,22)19-9-7-18(8-10-19)17(20)16-14(2)6-11-23-16/h3-6,11-12H,7-10H2,1-2H3. The summed E-state index contributed by atoms with van der Waals surface area (Å²) in [5.74, 6) is 0.134. The van der Waals surface area contributed by atoms with Gasteiger partial charge in [-0.25, -0.2) is 8.42 Å². The molecule has 1 fully saturated rings. The number of nitrogens with zero attached hydrogens (tertiary/aromatic N) is 2. The molecule has 0 unspecified atom stereocenters. The van der Waals surface area contributed by atoms with Gasteiger partial charge in [0, 0.05) is 31.7 Å². The minimum Gasteiger partial charge on any atom is -0.459 e. The van der Waals surface area contributed by atoms with Crippen LogP contribution in [-0.4, -0.2) is 49.7 Å². The molecule has 2 heterocycles. The van der Waals surface area contributed by atoms with E-state index in [2.05, 4.69) is 0 Å². The summed E-state index contributed by atoms with van der Waals surface area (Å²) in [6.45, 7) is 4.94. The molecule has 2 aromatic rings. The number of benzene rings is 1. The van der Waals surface area contributed by atoms with Gasteiger partial charge in [0.25, 0.3) is 5.91 Å². The van der Waals surface area contributed by atoms with Crippen molar-refractivity contribution in [3.8, 4) is 0 Å². The van der Waals surface area contributed by atoms with E-state index in [9.17, 15) is 13.2 Å². The van der Waals surface area contributed by atoms with E-state index in [-0.39, 0.29) is 19.0 Å². The first kappa shape index (κ1) is 16.7. The molecule has 128 valence electrons. The monoisotopic (exact) mass is 348 g/mol. The van der Waals surface area contributed by atoms with Crippen LogP contribution in [0, 0.1) is 13.8 Å². The number of hydrogen-bond acceptors (Lipinski definition) is 4. The van der Waals surface area contributed by atoms with Crippen LogP contribution in [0.3, 0.4) is 0 Å². The quantitative estimate of drug-likeness (QED) is 0.851. The van der Waals surface area contributed by atoms with Crippen LogP contribution in [0.5, 0.6) is 0 Å². The molecule has 3 rings (SSSR count). The predicted octanol–water partition coefficient (Wildman–Crippen LogP) is 2.04. The number of carbonyl (C=O) groups is 1. The molecular formula is C17H20N2O4S. The second-order valence-electron chi connectivity index (χ2n) is 5.95. The summed E-state index contributed by atoms with van der Waals surface area (Å²) in [4.78, 5) is 14.3. The zero-order valence-corrected chi connectivity index (χ0v) is 14.5. The first-order chi connectivity index (χ1) is 11.4. The van der Waals surface area contributed by atoms with Crippen LogP contribution in [0.15, 0.2) is 45.9 Å². The number of hydrogen-bond donors (Lipinski definition) is 0. The third-order valence-corrected chi connectivity index (χ3v) is 6.10. The lowest BCUT2D eigenvalue weighted by atomic mass is 10.2. The molecule has 0 bridgehead atoms. The van der Waals surface area contributed by atoms with Gasteiger partial charge >= 0.3 is 0 Å². The van der Waals surface area contributed by atoms with Gasteiger partial charge in [0.2, 0.25) is 10.0 Å². The summed E-state index contributed by atoms with van der Waals surface area (Å²) in [5.41, 5.74) is 1.69. The number of piperazine rings is 1.